The van der Waals surface area contributed by atoms with Gasteiger partial charge in [-0.1, -0.05) is 187 Å². The summed E-state index contributed by atoms with van der Waals surface area (Å²) in [4.78, 5) is 7.00. The van der Waals surface area contributed by atoms with E-state index in [1.54, 1.807) is 0 Å². The normalized spacial score (nSPS) is 11.3. The minimum Gasteiger partial charge on any atom is -0.134 e. The van der Waals surface area contributed by atoms with Crippen LogP contribution in [0.25, 0.3) is 52.9 Å². The van der Waals surface area contributed by atoms with Gasteiger partial charge in [0.25, 0.3) is 0 Å². The molecule has 50 heavy (non-hydrogen) atoms. The Labute approximate surface area is 314 Å². The Morgan fingerprint density at radius 1 is 0.420 bits per heavy atom. The highest BCUT2D eigenvalue weighted by atomic mass is 32.2. The number of aryl methyl sites for hydroxylation is 1. The van der Waals surface area contributed by atoms with Crippen LogP contribution in [0.15, 0.2) is 126 Å². The molecule has 0 saturated carbocycles. The van der Waals surface area contributed by atoms with E-state index in [0.717, 1.165) is 0 Å². The smallest absolute Gasteiger partial charge is 0.0587 e. The lowest BCUT2D eigenvalue weighted by Gasteiger charge is -2.05. The van der Waals surface area contributed by atoms with Crippen LogP contribution in [0.5, 0.6) is 0 Å². The standard InChI is InChI=1S/C47H52S3/c1-3-4-5-6-7-8-9-10-11-12-13-20-33-48-45-35-44(42-31-27-40(28-32-42)38-23-18-15-19-24-38)50-47(45)46-36(2)34-43(49-46)41-29-25-39(26-30-41)37-21-16-14-17-22-37/h14-19,21-32,34-35H,3-13,20,33H2,1-2H3. The minimum atomic E-state index is 1.19. The average molecular weight is 713 g/mol. The van der Waals surface area contributed by atoms with Crippen LogP contribution >= 0.6 is 34.4 Å². The highest BCUT2D eigenvalue weighted by Gasteiger charge is 2.18. The summed E-state index contributed by atoms with van der Waals surface area (Å²) >= 11 is 5.98. The molecule has 0 fully saturated rings. The first-order valence-electron chi connectivity index (χ1n) is 18.9. The van der Waals surface area contributed by atoms with Crippen molar-refractivity contribution >= 4 is 34.4 Å². The molecule has 3 heteroatoms. The number of hydrogen-bond donors (Lipinski definition) is 0. The molecule has 0 radical (unpaired) electrons. The zero-order chi connectivity index (χ0) is 34.4. The minimum absolute atomic E-state index is 1.19. The van der Waals surface area contributed by atoms with Crippen LogP contribution in [-0.2, 0) is 0 Å². The highest BCUT2D eigenvalue weighted by Crippen LogP contribution is 2.48. The summed E-state index contributed by atoms with van der Waals surface area (Å²) in [6.07, 6.45) is 16.7. The summed E-state index contributed by atoms with van der Waals surface area (Å²) in [6.45, 7) is 4.59. The summed E-state index contributed by atoms with van der Waals surface area (Å²) in [6, 6.07) is 44.5. The SMILES string of the molecule is CCCCCCCCCCCCCCSc1cc(-c2ccc(-c3ccccc3)cc2)sc1-c1sc(-c2ccc(-c3ccccc3)cc2)cc1C. The van der Waals surface area contributed by atoms with E-state index in [-0.39, 0.29) is 0 Å². The van der Waals surface area contributed by atoms with Crippen molar-refractivity contribution in [3.05, 3.63) is 127 Å². The van der Waals surface area contributed by atoms with E-state index >= 15 is 0 Å². The lowest BCUT2D eigenvalue weighted by molar-refractivity contribution is 0.548. The van der Waals surface area contributed by atoms with Crippen molar-refractivity contribution in [3.63, 3.8) is 0 Å². The molecule has 0 aliphatic carbocycles. The fourth-order valence-electron chi connectivity index (χ4n) is 6.67. The van der Waals surface area contributed by atoms with Crippen molar-refractivity contribution in [3.8, 4) is 52.9 Å². The van der Waals surface area contributed by atoms with Crippen molar-refractivity contribution in [1.29, 1.82) is 0 Å². The fourth-order valence-corrected chi connectivity index (χ4v) is 10.6. The number of hydrogen-bond acceptors (Lipinski definition) is 3. The Morgan fingerprint density at radius 2 is 0.820 bits per heavy atom. The van der Waals surface area contributed by atoms with Gasteiger partial charge in [-0.3, -0.25) is 0 Å². The Morgan fingerprint density at radius 3 is 1.32 bits per heavy atom. The molecule has 0 aliphatic heterocycles. The molecule has 0 bridgehead atoms. The maximum absolute atomic E-state index is 2.47. The maximum atomic E-state index is 2.47. The van der Waals surface area contributed by atoms with Gasteiger partial charge in [-0.15, -0.1) is 34.4 Å². The van der Waals surface area contributed by atoms with E-state index < -0.39 is 0 Å². The molecule has 258 valence electrons. The van der Waals surface area contributed by atoms with Crippen LogP contribution in [0, 0.1) is 6.92 Å². The largest absolute Gasteiger partial charge is 0.134 e. The van der Waals surface area contributed by atoms with Crippen molar-refractivity contribution in [2.45, 2.75) is 95.8 Å². The van der Waals surface area contributed by atoms with Crippen LogP contribution in [-0.4, -0.2) is 5.75 Å². The van der Waals surface area contributed by atoms with E-state index in [9.17, 15) is 0 Å². The average Bonchev–Trinajstić information content (AvgIpc) is 3.77. The molecule has 0 unspecified atom stereocenters. The van der Waals surface area contributed by atoms with Gasteiger partial charge in [0.2, 0.25) is 0 Å². The molecule has 2 heterocycles. The van der Waals surface area contributed by atoms with Gasteiger partial charge in [-0.25, -0.2) is 0 Å². The molecule has 0 spiro atoms. The molecule has 0 nitrogen and oxygen atoms in total. The van der Waals surface area contributed by atoms with Crippen LogP contribution in [0.1, 0.15) is 89.5 Å². The van der Waals surface area contributed by atoms with Gasteiger partial charge in [0.1, 0.15) is 0 Å². The zero-order valence-corrected chi connectivity index (χ0v) is 32.4. The third-order valence-corrected chi connectivity index (χ3v) is 13.5. The topological polar surface area (TPSA) is 0 Å². The number of unbranched alkanes of at least 4 members (excludes halogenated alkanes) is 11. The first-order chi connectivity index (χ1) is 24.7. The van der Waals surface area contributed by atoms with E-state index in [0.29, 0.717) is 0 Å². The summed E-state index contributed by atoms with van der Waals surface area (Å²) in [5, 5.41) is 0. The molecule has 0 N–H and O–H groups in total. The van der Waals surface area contributed by atoms with Gasteiger partial charge >= 0.3 is 0 Å². The molecule has 6 rings (SSSR count). The Bertz CT molecular complexity index is 1840. The molecule has 0 amide bonds. The van der Waals surface area contributed by atoms with Crippen molar-refractivity contribution in [1.82, 2.24) is 0 Å². The van der Waals surface area contributed by atoms with Gasteiger partial charge in [0.15, 0.2) is 0 Å². The lowest BCUT2D eigenvalue weighted by atomic mass is 10.0. The number of rotatable bonds is 19. The Balaban J connectivity index is 1.13. The first-order valence-corrected chi connectivity index (χ1v) is 21.5. The van der Waals surface area contributed by atoms with Crippen LogP contribution in [0.2, 0.25) is 0 Å². The monoisotopic (exact) mass is 712 g/mol. The van der Waals surface area contributed by atoms with E-state index in [1.165, 1.54) is 146 Å². The summed E-state index contributed by atoms with van der Waals surface area (Å²) in [7, 11) is 0. The van der Waals surface area contributed by atoms with Gasteiger partial charge in [0, 0.05) is 19.5 Å². The molecule has 0 aliphatic rings. The molecular formula is C47H52S3. The van der Waals surface area contributed by atoms with Gasteiger partial charge in [-0.05, 0) is 70.2 Å². The van der Waals surface area contributed by atoms with Crippen LogP contribution in [0.3, 0.4) is 0 Å². The summed E-state index contributed by atoms with van der Waals surface area (Å²) < 4.78 is 0. The number of thioether (sulfide) groups is 1. The van der Waals surface area contributed by atoms with Crippen LogP contribution in [0.4, 0.5) is 0 Å². The van der Waals surface area contributed by atoms with Gasteiger partial charge < -0.3 is 0 Å². The number of benzene rings is 4. The lowest BCUT2D eigenvalue weighted by Crippen LogP contribution is -1.84. The third-order valence-electron chi connectivity index (χ3n) is 9.63. The van der Waals surface area contributed by atoms with Crippen molar-refractivity contribution in [2.24, 2.45) is 0 Å². The first kappa shape index (κ1) is 36.4. The Kier molecular flexibility index (Phi) is 14.1. The quantitative estimate of drug-likeness (QED) is 0.0595. The second kappa shape index (κ2) is 19.3. The molecule has 4 aromatic carbocycles. The number of thiophene rings is 2. The summed E-state index contributed by atoms with van der Waals surface area (Å²) in [5.74, 6) is 1.19. The Hall–Kier alpha value is -3.37. The van der Waals surface area contributed by atoms with E-state index in [4.69, 9.17) is 0 Å². The third kappa shape index (κ3) is 10.1. The van der Waals surface area contributed by atoms with Gasteiger partial charge in [0.05, 0.1) is 4.88 Å². The second-order valence-electron chi connectivity index (χ2n) is 13.6. The zero-order valence-electron chi connectivity index (χ0n) is 30.0. The fraction of sp³-hybridized carbons (Fsp3) is 0.319. The molecule has 2 aromatic heterocycles. The molecule has 0 atom stereocenters. The van der Waals surface area contributed by atoms with E-state index in [1.807, 2.05) is 22.7 Å². The van der Waals surface area contributed by atoms with Crippen molar-refractivity contribution < 1.29 is 0 Å². The van der Waals surface area contributed by atoms with Crippen molar-refractivity contribution in [2.75, 3.05) is 5.75 Å². The molecule has 0 saturated heterocycles. The highest BCUT2D eigenvalue weighted by molar-refractivity contribution is 7.99. The predicted molar refractivity (Wildman–Crippen MR) is 226 cm³/mol. The second-order valence-corrected chi connectivity index (χ2v) is 16.8. The van der Waals surface area contributed by atoms with Crippen LogP contribution < -0.4 is 0 Å². The molecular weight excluding hydrogens is 661 g/mol. The van der Waals surface area contributed by atoms with Gasteiger partial charge in [-0.2, -0.15) is 0 Å². The molecule has 6 aromatic rings. The maximum Gasteiger partial charge on any atom is 0.0587 e. The predicted octanol–water partition coefficient (Wildman–Crippen LogP) is 16.2. The summed E-state index contributed by atoms with van der Waals surface area (Å²) in [5.41, 5.74) is 9.03. The van der Waals surface area contributed by atoms with E-state index in [2.05, 4.69) is 147 Å².